The first-order chi connectivity index (χ1) is 9.61. The van der Waals surface area contributed by atoms with Crippen molar-refractivity contribution in [2.24, 2.45) is 0 Å². The summed E-state index contributed by atoms with van der Waals surface area (Å²) in [6.07, 6.45) is 1.51. The van der Waals surface area contributed by atoms with E-state index in [4.69, 9.17) is 16.3 Å². The maximum Gasteiger partial charge on any atom is 0.239 e. The summed E-state index contributed by atoms with van der Waals surface area (Å²) < 4.78 is 4.87. The molecule has 2 heterocycles. The number of carbonyl (C=O) groups is 1. The Morgan fingerprint density at radius 3 is 3.10 bits per heavy atom. The highest BCUT2D eigenvalue weighted by Crippen LogP contribution is 2.21. The Bertz CT molecular complexity index is 602. The number of carbonyl (C=O) groups excluding carboxylic acids is 1. The van der Waals surface area contributed by atoms with E-state index < -0.39 is 0 Å². The summed E-state index contributed by atoms with van der Waals surface area (Å²) in [5.74, 6) is 0.395. The number of amides is 1. The van der Waals surface area contributed by atoms with E-state index in [1.54, 1.807) is 19.1 Å². The molecule has 20 heavy (non-hydrogen) atoms. The number of halogens is 1. The van der Waals surface area contributed by atoms with Gasteiger partial charge in [-0.2, -0.15) is 9.97 Å². The van der Waals surface area contributed by atoms with Gasteiger partial charge in [0.2, 0.25) is 11.2 Å². The van der Waals surface area contributed by atoms with Gasteiger partial charge in [-0.15, -0.1) is 0 Å². The van der Waals surface area contributed by atoms with E-state index in [2.05, 4.69) is 25.3 Å². The molecular formula is C11H15ClN6O2. The number of hydrogen-bond acceptors (Lipinski definition) is 6. The molecule has 0 aliphatic rings. The van der Waals surface area contributed by atoms with Crippen molar-refractivity contribution in [3.05, 3.63) is 11.6 Å². The van der Waals surface area contributed by atoms with Gasteiger partial charge in [0.05, 0.1) is 19.5 Å². The number of aromatic amines is 1. The fourth-order valence-electron chi connectivity index (χ4n) is 1.71. The quantitative estimate of drug-likeness (QED) is 0.584. The minimum atomic E-state index is -0.132. The largest absolute Gasteiger partial charge is 0.383 e. The number of ether oxygens (including phenoxy) is 1. The van der Waals surface area contributed by atoms with Crippen LogP contribution in [0.3, 0.4) is 0 Å². The van der Waals surface area contributed by atoms with Crippen LogP contribution in [0.5, 0.6) is 0 Å². The number of methoxy groups -OCH3 is 1. The number of aromatic nitrogens is 4. The topological polar surface area (TPSA) is 96.0 Å². The third-order valence-corrected chi connectivity index (χ3v) is 2.78. The standard InChI is InChI=1S/C11H15ClN6O2/c1-18(5-7(19)13-3-4-20-2)10-8-9(15-6-14-8)16-11(12)17-10/h6H,3-5H2,1-2H3,(H,13,19)(H,14,15,16,17). The van der Waals surface area contributed by atoms with Crippen molar-refractivity contribution in [3.8, 4) is 0 Å². The molecule has 2 N–H and O–H groups in total. The first-order valence-electron chi connectivity index (χ1n) is 5.95. The lowest BCUT2D eigenvalue weighted by molar-refractivity contribution is -0.119. The molecule has 8 nitrogen and oxygen atoms in total. The highest BCUT2D eigenvalue weighted by Gasteiger charge is 2.15. The Morgan fingerprint density at radius 1 is 1.55 bits per heavy atom. The van der Waals surface area contributed by atoms with Gasteiger partial charge in [-0.1, -0.05) is 0 Å². The van der Waals surface area contributed by atoms with E-state index in [-0.39, 0.29) is 17.7 Å². The number of rotatable bonds is 6. The molecule has 0 atom stereocenters. The Labute approximate surface area is 120 Å². The first kappa shape index (κ1) is 14.5. The minimum Gasteiger partial charge on any atom is -0.383 e. The lowest BCUT2D eigenvalue weighted by atomic mass is 10.4. The third-order valence-electron chi connectivity index (χ3n) is 2.61. The lowest BCUT2D eigenvalue weighted by Gasteiger charge is -2.18. The van der Waals surface area contributed by atoms with Crippen LogP contribution in [-0.2, 0) is 9.53 Å². The SMILES string of the molecule is COCCNC(=O)CN(C)c1nc(Cl)nc2nc[nH]c12. The van der Waals surface area contributed by atoms with Gasteiger partial charge in [-0.25, -0.2) is 4.98 Å². The first-order valence-corrected chi connectivity index (χ1v) is 6.33. The molecule has 0 radical (unpaired) electrons. The number of H-pyrrole nitrogens is 1. The number of anilines is 1. The number of fused-ring (bicyclic) bond motifs is 1. The summed E-state index contributed by atoms with van der Waals surface area (Å²) in [6, 6.07) is 0. The smallest absolute Gasteiger partial charge is 0.239 e. The second kappa shape index (κ2) is 6.49. The molecule has 1 amide bonds. The summed E-state index contributed by atoms with van der Waals surface area (Å²) in [5, 5.41) is 2.82. The van der Waals surface area contributed by atoms with Crippen molar-refractivity contribution in [3.63, 3.8) is 0 Å². The van der Waals surface area contributed by atoms with Crippen molar-refractivity contribution in [1.29, 1.82) is 0 Å². The van der Waals surface area contributed by atoms with Gasteiger partial charge >= 0.3 is 0 Å². The Morgan fingerprint density at radius 2 is 2.35 bits per heavy atom. The third kappa shape index (κ3) is 3.34. The van der Waals surface area contributed by atoms with E-state index in [9.17, 15) is 4.79 Å². The average Bonchev–Trinajstić information content (AvgIpc) is 2.85. The van der Waals surface area contributed by atoms with Gasteiger partial charge in [-0.3, -0.25) is 4.79 Å². The molecule has 0 fully saturated rings. The summed E-state index contributed by atoms with van der Waals surface area (Å²) in [4.78, 5) is 28.5. The van der Waals surface area contributed by atoms with E-state index >= 15 is 0 Å². The van der Waals surface area contributed by atoms with Crippen molar-refractivity contribution in [2.75, 3.05) is 38.8 Å². The molecule has 0 spiro atoms. The van der Waals surface area contributed by atoms with Gasteiger partial charge in [0.15, 0.2) is 11.5 Å². The van der Waals surface area contributed by atoms with E-state index in [1.165, 1.54) is 6.33 Å². The molecule has 0 aliphatic carbocycles. The van der Waals surface area contributed by atoms with Gasteiger partial charge in [0.1, 0.15) is 5.52 Å². The molecular weight excluding hydrogens is 284 g/mol. The van der Waals surface area contributed by atoms with Crippen molar-refractivity contribution in [1.82, 2.24) is 25.3 Å². The van der Waals surface area contributed by atoms with E-state index in [0.29, 0.717) is 30.1 Å². The summed E-state index contributed by atoms with van der Waals surface area (Å²) in [7, 11) is 3.32. The molecule has 2 aromatic rings. The van der Waals surface area contributed by atoms with Crippen LogP contribution >= 0.6 is 11.6 Å². The molecule has 0 unspecified atom stereocenters. The Hall–Kier alpha value is -1.93. The molecule has 0 aromatic carbocycles. The van der Waals surface area contributed by atoms with Crippen LogP contribution in [-0.4, -0.2) is 59.7 Å². The fourth-order valence-corrected chi connectivity index (χ4v) is 1.87. The highest BCUT2D eigenvalue weighted by molar-refractivity contribution is 6.28. The summed E-state index contributed by atoms with van der Waals surface area (Å²) in [6.45, 7) is 1.08. The molecule has 0 bridgehead atoms. The maximum atomic E-state index is 11.8. The highest BCUT2D eigenvalue weighted by atomic mass is 35.5. The van der Waals surface area contributed by atoms with Crippen LogP contribution in [0.25, 0.3) is 11.2 Å². The second-order valence-corrected chi connectivity index (χ2v) is 4.45. The molecule has 0 aliphatic heterocycles. The zero-order chi connectivity index (χ0) is 14.5. The lowest BCUT2D eigenvalue weighted by Crippen LogP contribution is -2.37. The maximum absolute atomic E-state index is 11.8. The molecule has 108 valence electrons. The zero-order valence-electron chi connectivity index (χ0n) is 11.2. The van der Waals surface area contributed by atoms with Crippen LogP contribution in [0, 0.1) is 0 Å². The molecule has 0 saturated carbocycles. The average molecular weight is 299 g/mol. The summed E-state index contributed by atoms with van der Waals surface area (Å²) in [5.41, 5.74) is 1.10. The number of likely N-dealkylation sites (N-methyl/N-ethyl adjacent to an activating group) is 1. The van der Waals surface area contributed by atoms with Gasteiger partial charge in [0, 0.05) is 20.7 Å². The van der Waals surface area contributed by atoms with Crippen LogP contribution in [0.15, 0.2) is 6.33 Å². The number of imidazole rings is 1. The number of hydrogen-bond donors (Lipinski definition) is 2. The van der Waals surface area contributed by atoms with Crippen LogP contribution < -0.4 is 10.2 Å². The van der Waals surface area contributed by atoms with Crippen LogP contribution in [0.2, 0.25) is 5.28 Å². The predicted molar refractivity (Wildman–Crippen MR) is 74.8 cm³/mol. The van der Waals surface area contributed by atoms with Crippen molar-refractivity contribution >= 4 is 34.5 Å². The Balaban J connectivity index is 2.09. The van der Waals surface area contributed by atoms with Crippen LogP contribution in [0.4, 0.5) is 5.82 Å². The number of nitrogens with zero attached hydrogens (tertiary/aromatic N) is 4. The van der Waals surface area contributed by atoms with Crippen molar-refractivity contribution < 1.29 is 9.53 Å². The normalized spacial score (nSPS) is 10.8. The number of nitrogens with one attached hydrogen (secondary N) is 2. The monoisotopic (exact) mass is 298 g/mol. The van der Waals surface area contributed by atoms with E-state index in [0.717, 1.165) is 0 Å². The van der Waals surface area contributed by atoms with Gasteiger partial charge in [0.25, 0.3) is 0 Å². The van der Waals surface area contributed by atoms with Crippen molar-refractivity contribution in [2.45, 2.75) is 0 Å². The van der Waals surface area contributed by atoms with Crippen LogP contribution in [0.1, 0.15) is 0 Å². The minimum absolute atomic E-state index is 0.0891. The van der Waals surface area contributed by atoms with Gasteiger partial charge in [-0.05, 0) is 11.6 Å². The molecule has 0 saturated heterocycles. The Kier molecular flexibility index (Phi) is 4.70. The molecule has 2 aromatic heterocycles. The molecule has 2 rings (SSSR count). The fraction of sp³-hybridized carbons (Fsp3) is 0.455. The summed E-state index contributed by atoms with van der Waals surface area (Å²) >= 11 is 5.84. The van der Waals surface area contributed by atoms with E-state index in [1.807, 2.05) is 0 Å². The molecule has 9 heteroatoms. The van der Waals surface area contributed by atoms with Gasteiger partial charge < -0.3 is 19.9 Å². The predicted octanol–water partition coefficient (Wildman–Crippen LogP) is 0.205. The second-order valence-electron chi connectivity index (χ2n) is 4.12. The zero-order valence-corrected chi connectivity index (χ0v) is 11.9.